The number of hydrogen-bond acceptors (Lipinski definition) is 3. The maximum Gasteiger partial charge on any atom is 0.0772 e. The summed E-state index contributed by atoms with van der Waals surface area (Å²) >= 11 is 3.48. The largest absolute Gasteiger partial charge is 0.379 e. The van der Waals surface area contributed by atoms with Gasteiger partial charge in [-0.15, -0.1) is 0 Å². The van der Waals surface area contributed by atoms with E-state index in [1.807, 2.05) is 6.07 Å². The summed E-state index contributed by atoms with van der Waals surface area (Å²) in [6.45, 7) is 0. The van der Waals surface area contributed by atoms with E-state index >= 15 is 0 Å². The second-order valence-electron chi connectivity index (χ2n) is 3.81. The molecular weight excluding hydrogens is 256 g/mol. The topological polar surface area (TPSA) is 34.1 Å². The normalized spacial score (nSPS) is 25.5. The predicted octanol–water partition coefficient (Wildman–Crippen LogP) is 2.82. The van der Waals surface area contributed by atoms with Crippen LogP contribution in [0.25, 0.3) is 0 Å². The third kappa shape index (κ3) is 2.49. The van der Waals surface area contributed by atoms with Gasteiger partial charge in [-0.05, 0) is 41.3 Å². The number of nitrogens with zero attached hydrogens (tertiary/aromatic N) is 1. The van der Waals surface area contributed by atoms with Crippen molar-refractivity contribution in [3.05, 3.63) is 22.9 Å². The Balaban J connectivity index is 2.05. The number of anilines is 1. The lowest BCUT2D eigenvalue weighted by Gasteiger charge is -2.21. The Hall–Kier alpha value is -0.610. The zero-order valence-electron chi connectivity index (χ0n) is 8.74. The van der Waals surface area contributed by atoms with Crippen LogP contribution in [-0.2, 0) is 4.74 Å². The van der Waals surface area contributed by atoms with Gasteiger partial charge in [0.2, 0.25) is 0 Å². The molecule has 1 saturated carbocycles. The van der Waals surface area contributed by atoms with Crippen LogP contribution in [0.4, 0.5) is 5.69 Å². The molecule has 0 spiro atoms. The average Bonchev–Trinajstić information content (AvgIpc) is 2.69. The highest BCUT2D eigenvalue weighted by Crippen LogP contribution is 2.28. The van der Waals surface area contributed by atoms with E-state index in [-0.39, 0.29) is 0 Å². The Labute approximate surface area is 98.4 Å². The smallest absolute Gasteiger partial charge is 0.0772 e. The van der Waals surface area contributed by atoms with Crippen LogP contribution in [-0.4, -0.2) is 24.2 Å². The molecule has 1 aromatic heterocycles. The molecule has 1 heterocycles. The molecule has 2 atom stereocenters. The molecule has 3 nitrogen and oxygen atoms in total. The molecule has 0 amide bonds. The molecule has 0 bridgehead atoms. The van der Waals surface area contributed by atoms with Crippen molar-refractivity contribution in [2.24, 2.45) is 0 Å². The highest BCUT2D eigenvalue weighted by atomic mass is 79.9. The van der Waals surface area contributed by atoms with E-state index in [9.17, 15) is 0 Å². The molecule has 1 aromatic rings. The molecular formula is C11H15BrN2O. The lowest BCUT2D eigenvalue weighted by molar-refractivity contribution is 0.101. The summed E-state index contributed by atoms with van der Waals surface area (Å²) in [6, 6.07) is 2.41. The third-order valence-corrected chi connectivity index (χ3v) is 3.50. The van der Waals surface area contributed by atoms with Crippen molar-refractivity contribution in [1.29, 1.82) is 0 Å². The van der Waals surface area contributed by atoms with Crippen LogP contribution in [0, 0.1) is 0 Å². The number of methoxy groups -OCH3 is 1. The zero-order valence-corrected chi connectivity index (χ0v) is 10.3. The van der Waals surface area contributed by atoms with Gasteiger partial charge in [0, 0.05) is 19.5 Å². The highest BCUT2D eigenvalue weighted by molar-refractivity contribution is 9.10. The number of aromatic nitrogens is 1. The minimum Gasteiger partial charge on any atom is -0.379 e. The van der Waals surface area contributed by atoms with Crippen molar-refractivity contribution >= 4 is 21.6 Å². The zero-order chi connectivity index (χ0) is 10.7. The fraction of sp³-hybridized carbons (Fsp3) is 0.545. The lowest BCUT2D eigenvalue weighted by Crippen LogP contribution is -2.29. The van der Waals surface area contributed by atoms with Crippen LogP contribution in [0.2, 0.25) is 0 Å². The van der Waals surface area contributed by atoms with Crippen molar-refractivity contribution in [1.82, 2.24) is 4.98 Å². The van der Waals surface area contributed by atoms with Crippen LogP contribution in [0.1, 0.15) is 19.3 Å². The van der Waals surface area contributed by atoms with E-state index in [0.717, 1.165) is 16.6 Å². The average molecular weight is 271 g/mol. The molecule has 2 rings (SSSR count). The first-order chi connectivity index (χ1) is 7.31. The van der Waals surface area contributed by atoms with Gasteiger partial charge in [-0.3, -0.25) is 4.98 Å². The third-order valence-electron chi connectivity index (χ3n) is 2.87. The summed E-state index contributed by atoms with van der Waals surface area (Å²) in [5.41, 5.74) is 1.10. The molecule has 0 saturated heterocycles. The van der Waals surface area contributed by atoms with E-state index in [1.54, 1.807) is 19.5 Å². The van der Waals surface area contributed by atoms with Crippen molar-refractivity contribution in [2.45, 2.75) is 31.4 Å². The quantitative estimate of drug-likeness (QED) is 0.917. The fourth-order valence-corrected chi connectivity index (χ4v) is 2.43. The predicted molar refractivity (Wildman–Crippen MR) is 64.0 cm³/mol. The van der Waals surface area contributed by atoms with Crippen molar-refractivity contribution in [3.8, 4) is 0 Å². The van der Waals surface area contributed by atoms with Gasteiger partial charge in [0.05, 0.1) is 22.3 Å². The molecule has 1 N–H and O–H groups in total. The minimum atomic E-state index is 0.338. The minimum absolute atomic E-state index is 0.338. The highest BCUT2D eigenvalue weighted by Gasteiger charge is 2.27. The summed E-state index contributed by atoms with van der Waals surface area (Å²) in [4.78, 5) is 4.04. The van der Waals surface area contributed by atoms with Gasteiger partial charge in [0.15, 0.2) is 0 Å². The van der Waals surface area contributed by atoms with Gasteiger partial charge in [-0.25, -0.2) is 0 Å². The second-order valence-corrected chi connectivity index (χ2v) is 4.67. The number of pyridine rings is 1. The van der Waals surface area contributed by atoms with Gasteiger partial charge >= 0.3 is 0 Å². The van der Waals surface area contributed by atoms with Gasteiger partial charge in [0.25, 0.3) is 0 Å². The van der Waals surface area contributed by atoms with Gasteiger partial charge in [0.1, 0.15) is 0 Å². The molecule has 0 radical (unpaired) electrons. The molecule has 0 aliphatic heterocycles. The monoisotopic (exact) mass is 270 g/mol. The first kappa shape index (κ1) is 10.9. The maximum absolute atomic E-state index is 5.44. The number of halogens is 1. The van der Waals surface area contributed by atoms with Crippen LogP contribution in [0.5, 0.6) is 0 Å². The summed E-state index contributed by atoms with van der Waals surface area (Å²) < 4.78 is 6.45. The molecule has 0 aromatic carbocycles. The van der Waals surface area contributed by atoms with Gasteiger partial charge in [-0.2, -0.15) is 0 Å². The van der Waals surface area contributed by atoms with E-state index < -0.39 is 0 Å². The Kier molecular flexibility index (Phi) is 3.59. The van der Waals surface area contributed by atoms with E-state index in [1.165, 1.54) is 12.8 Å². The van der Waals surface area contributed by atoms with Crippen molar-refractivity contribution < 1.29 is 4.74 Å². The fourth-order valence-electron chi connectivity index (χ4n) is 2.07. The molecule has 82 valence electrons. The standard InChI is InChI=1S/C11H15BrN2O/c1-15-11-4-2-3-10(11)14-9-5-6-13-7-8(9)12/h5-7,10-11H,2-4H2,1H3,(H,13,14). The van der Waals surface area contributed by atoms with Crippen molar-refractivity contribution in [2.75, 3.05) is 12.4 Å². The van der Waals surface area contributed by atoms with Crippen LogP contribution in [0.3, 0.4) is 0 Å². The molecule has 1 aliphatic rings. The molecule has 2 unspecified atom stereocenters. The number of nitrogens with one attached hydrogen (secondary N) is 1. The second kappa shape index (κ2) is 4.94. The van der Waals surface area contributed by atoms with E-state index in [2.05, 4.69) is 26.2 Å². The first-order valence-corrected chi connectivity index (χ1v) is 5.99. The van der Waals surface area contributed by atoms with Crippen molar-refractivity contribution in [3.63, 3.8) is 0 Å². The Bertz CT molecular complexity index is 332. The van der Waals surface area contributed by atoms with E-state index in [4.69, 9.17) is 4.74 Å². The Morgan fingerprint density at radius 3 is 3.13 bits per heavy atom. The van der Waals surface area contributed by atoms with Crippen LogP contribution >= 0.6 is 15.9 Å². The van der Waals surface area contributed by atoms with Gasteiger partial charge < -0.3 is 10.1 Å². The summed E-state index contributed by atoms with van der Waals surface area (Å²) in [7, 11) is 1.78. The lowest BCUT2D eigenvalue weighted by atomic mass is 10.2. The van der Waals surface area contributed by atoms with Crippen LogP contribution in [0.15, 0.2) is 22.9 Å². The summed E-state index contributed by atoms with van der Waals surface area (Å²) in [6.07, 6.45) is 7.50. The summed E-state index contributed by atoms with van der Waals surface area (Å²) in [5.74, 6) is 0. The number of ether oxygens (including phenoxy) is 1. The Morgan fingerprint density at radius 2 is 2.40 bits per heavy atom. The molecule has 15 heavy (non-hydrogen) atoms. The SMILES string of the molecule is COC1CCCC1Nc1ccncc1Br. The van der Waals surface area contributed by atoms with Crippen LogP contribution < -0.4 is 5.32 Å². The van der Waals surface area contributed by atoms with E-state index in [0.29, 0.717) is 12.1 Å². The number of hydrogen-bond donors (Lipinski definition) is 1. The maximum atomic E-state index is 5.44. The first-order valence-electron chi connectivity index (χ1n) is 5.20. The molecule has 1 fully saturated rings. The van der Waals surface area contributed by atoms with Gasteiger partial charge in [-0.1, -0.05) is 0 Å². The molecule has 1 aliphatic carbocycles. The summed E-state index contributed by atoms with van der Waals surface area (Å²) in [5, 5.41) is 3.50. The Morgan fingerprint density at radius 1 is 1.53 bits per heavy atom. The molecule has 4 heteroatoms. The number of rotatable bonds is 3.